The molecule has 0 unspecified atom stereocenters. The summed E-state index contributed by atoms with van der Waals surface area (Å²) in [5, 5.41) is 0. The van der Waals surface area contributed by atoms with Crippen molar-refractivity contribution in [2.75, 3.05) is 0 Å². The molecule has 2 nitrogen and oxygen atoms in total. The molecule has 0 aliphatic heterocycles. The van der Waals surface area contributed by atoms with Gasteiger partial charge >= 0.3 is 0 Å². The standard InChI is InChI=1S/C17H17NO/c1-13-3-7-15(8-4-13)17(19)11-12-18-16-9-5-14(2)6-10-16/h3-10,12H,11H2,1-2H3. The maximum Gasteiger partial charge on any atom is 0.168 e. The Kier molecular flexibility index (Phi) is 4.24. The number of Topliss-reactive ketones (excluding diaryl/α,β-unsaturated/α-hetero) is 1. The molecule has 0 saturated carbocycles. The molecule has 96 valence electrons. The van der Waals surface area contributed by atoms with E-state index in [1.165, 1.54) is 5.56 Å². The molecule has 2 rings (SSSR count). The topological polar surface area (TPSA) is 29.4 Å². The van der Waals surface area contributed by atoms with Crippen molar-refractivity contribution >= 4 is 17.7 Å². The normalized spacial score (nSPS) is 10.8. The zero-order valence-corrected chi connectivity index (χ0v) is 11.3. The Hall–Kier alpha value is -2.22. The van der Waals surface area contributed by atoms with Crippen molar-refractivity contribution in [1.29, 1.82) is 0 Å². The third kappa shape index (κ3) is 3.88. The predicted octanol–water partition coefficient (Wildman–Crippen LogP) is 4.28. The second-order valence-corrected chi connectivity index (χ2v) is 4.64. The van der Waals surface area contributed by atoms with Gasteiger partial charge in [0.25, 0.3) is 0 Å². The molecule has 0 atom stereocenters. The van der Waals surface area contributed by atoms with Crippen molar-refractivity contribution in [3.8, 4) is 0 Å². The highest BCUT2D eigenvalue weighted by atomic mass is 16.1. The van der Waals surface area contributed by atoms with Crippen LogP contribution >= 0.6 is 0 Å². The van der Waals surface area contributed by atoms with Crippen LogP contribution in [-0.2, 0) is 0 Å². The van der Waals surface area contributed by atoms with Gasteiger partial charge in [-0.3, -0.25) is 9.79 Å². The van der Waals surface area contributed by atoms with E-state index in [0.717, 1.165) is 16.8 Å². The minimum Gasteiger partial charge on any atom is -0.294 e. The van der Waals surface area contributed by atoms with Gasteiger partial charge in [-0.15, -0.1) is 0 Å². The summed E-state index contributed by atoms with van der Waals surface area (Å²) < 4.78 is 0. The van der Waals surface area contributed by atoms with Crippen LogP contribution in [0.1, 0.15) is 27.9 Å². The van der Waals surface area contributed by atoms with Crippen molar-refractivity contribution in [1.82, 2.24) is 0 Å². The molecule has 0 radical (unpaired) electrons. The maximum absolute atomic E-state index is 11.9. The van der Waals surface area contributed by atoms with E-state index in [0.29, 0.717) is 6.42 Å². The van der Waals surface area contributed by atoms with E-state index in [2.05, 4.69) is 4.99 Å². The average molecular weight is 251 g/mol. The number of ketones is 1. The second-order valence-electron chi connectivity index (χ2n) is 4.64. The quantitative estimate of drug-likeness (QED) is 0.589. The Labute approximate surface area is 113 Å². The fourth-order valence-corrected chi connectivity index (χ4v) is 1.72. The Morgan fingerprint density at radius 1 is 0.947 bits per heavy atom. The van der Waals surface area contributed by atoms with E-state index >= 15 is 0 Å². The molecule has 0 amide bonds. The largest absolute Gasteiger partial charge is 0.294 e. The van der Waals surface area contributed by atoms with Crippen LogP contribution < -0.4 is 0 Å². The summed E-state index contributed by atoms with van der Waals surface area (Å²) in [4.78, 5) is 16.2. The van der Waals surface area contributed by atoms with Gasteiger partial charge < -0.3 is 0 Å². The lowest BCUT2D eigenvalue weighted by Gasteiger charge is -1.98. The molecular weight excluding hydrogens is 234 g/mol. The zero-order valence-electron chi connectivity index (χ0n) is 11.3. The van der Waals surface area contributed by atoms with E-state index in [4.69, 9.17) is 0 Å². The molecule has 0 aromatic heterocycles. The van der Waals surface area contributed by atoms with Crippen LogP contribution in [0.25, 0.3) is 0 Å². The van der Waals surface area contributed by atoms with E-state index in [1.807, 2.05) is 62.4 Å². The molecule has 0 N–H and O–H groups in total. The number of aliphatic imine (C=N–C) groups is 1. The highest BCUT2D eigenvalue weighted by molar-refractivity contribution is 6.03. The summed E-state index contributed by atoms with van der Waals surface area (Å²) in [6, 6.07) is 15.5. The van der Waals surface area contributed by atoms with Crippen molar-refractivity contribution in [2.24, 2.45) is 4.99 Å². The minimum absolute atomic E-state index is 0.0934. The third-order valence-corrected chi connectivity index (χ3v) is 2.92. The smallest absolute Gasteiger partial charge is 0.168 e. The number of hydrogen-bond acceptors (Lipinski definition) is 2. The first-order chi connectivity index (χ1) is 9.15. The van der Waals surface area contributed by atoms with Crippen LogP contribution in [-0.4, -0.2) is 12.0 Å². The van der Waals surface area contributed by atoms with E-state index < -0.39 is 0 Å². The summed E-state index contributed by atoms with van der Waals surface area (Å²) in [5.74, 6) is 0.0934. The second kappa shape index (κ2) is 6.10. The van der Waals surface area contributed by atoms with Gasteiger partial charge in [-0.2, -0.15) is 0 Å². The molecule has 0 saturated heterocycles. The molecule has 0 bridgehead atoms. The lowest BCUT2D eigenvalue weighted by atomic mass is 10.1. The van der Waals surface area contributed by atoms with Gasteiger partial charge in [0.1, 0.15) is 0 Å². The van der Waals surface area contributed by atoms with Crippen molar-refractivity contribution in [3.05, 3.63) is 65.2 Å². The van der Waals surface area contributed by atoms with Crippen LogP contribution in [0, 0.1) is 13.8 Å². The van der Waals surface area contributed by atoms with Crippen molar-refractivity contribution in [2.45, 2.75) is 20.3 Å². The lowest BCUT2D eigenvalue weighted by Crippen LogP contribution is -1.99. The molecule has 2 heteroatoms. The first-order valence-electron chi connectivity index (χ1n) is 6.34. The van der Waals surface area contributed by atoms with Gasteiger partial charge in [0, 0.05) is 18.2 Å². The van der Waals surface area contributed by atoms with Gasteiger partial charge in [-0.25, -0.2) is 0 Å². The Bertz CT molecular complexity index is 580. The van der Waals surface area contributed by atoms with Gasteiger partial charge in [0.2, 0.25) is 0 Å². The number of nitrogens with zero attached hydrogens (tertiary/aromatic N) is 1. The number of hydrogen-bond donors (Lipinski definition) is 0. The number of carbonyl (C=O) groups excluding carboxylic acids is 1. The summed E-state index contributed by atoms with van der Waals surface area (Å²) in [5.41, 5.74) is 3.97. The van der Waals surface area contributed by atoms with E-state index in [-0.39, 0.29) is 5.78 Å². The number of aryl methyl sites for hydroxylation is 2. The van der Waals surface area contributed by atoms with Crippen LogP contribution in [0.4, 0.5) is 5.69 Å². The summed E-state index contributed by atoms with van der Waals surface area (Å²) in [6.45, 7) is 4.04. The average Bonchev–Trinajstić information content (AvgIpc) is 2.41. The Balaban J connectivity index is 1.96. The molecule has 2 aromatic rings. The van der Waals surface area contributed by atoms with Crippen LogP contribution in [0.2, 0.25) is 0 Å². The first-order valence-corrected chi connectivity index (χ1v) is 6.34. The predicted molar refractivity (Wildman–Crippen MR) is 79.5 cm³/mol. The van der Waals surface area contributed by atoms with Crippen molar-refractivity contribution < 1.29 is 4.79 Å². The molecule has 0 spiro atoms. The Morgan fingerprint density at radius 3 is 2.05 bits per heavy atom. The SMILES string of the molecule is Cc1ccc(N=CCC(=O)c2ccc(C)cc2)cc1. The highest BCUT2D eigenvalue weighted by Gasteiger charge is 2.02. The van der Waals surface area contributed by atoms with E-state index in [1.54, 1.807) is 6.21 Å². The third-order valence-electron chi connectivity index (χ3n) is 2.92. The molecular formula is C17H17NO. The fourth-order valence-electron chi connectivity index (χ4n) is 1.72. The molecule has 0 aliphatic carbocycles. The molecule has 0 fully saturated rings. The van der Waals surface area contributed by atoms with Crippen LogP contribution in [0.5, 0.6) is 0 Å². The van der Waals surface area contributed by atoms with Gasteiger partial charge in [0.15, 0.2) is 5.78 Å². The van der Waals surface area contributed by atoms with Crippen LogP contribution in [0.15, 0.2) is 53.5 Å². The van der Waals surface area contributed by atoms with Gasteiger partial charge in [-0.1, -0.05) is 47.5 Å². The molecule has 2 aromatic carbocycles. The first kappa shape index (κ1) is 13.2. The zero-order chi connectivity index (χ0) is 13.7. The van der Waals surface area contributed by atoms with E-state index in [9.17, 15) is 4.79 Å². The lowest BCUT2D eigenvalue weighted by molar-refractivity contribution is 0.100. The van der Waals surface area contributed by atoms with Crippen molar-refractivity contribution in [3.63, 3.8) is 0 Å². The summed E-state index contributed by atoms with van der Waals surface area (Å²) >= 11 is 0. The highest BCUT2D eigenvalue weighted by Crippen LogP contribution is 2.12. The summed E-state index contributed by atoms with van der Waals surface area (Å²) in [6.07, 6.45) is 2.00. The molecule has 19 heavy (non-hydrogen) atoms. The number of rotatable bonds is 4. The number of carbonyl (C=O) groups is 1. The number of benzene rings is 2. The maximum atomic E-state index is 11.9. The van der Waals surface area contributed by atoms with Gasteiger partial charge in [-0.05, 0) is 26.0 Å². The Morgan fingerprint density at radius 2 is 1.47 bits per heavy atom. The molecule has 0 heterocycles. The monoisotopic (exact) mass is 251 g/mol. The summed E-state index contributed by atoms with van der Waals surface area (Å²) in [7, 11) is 0. The fraction of sp³-hybridized carbons (Fsp3) is 0.176. The van der Waals surface area contributed by atoms with Crippen LogP contribution in [0.3, 0.4) is 0 Å². The molecule has 0 aliphatic rings. The van der Waals surface area contributed by atoms with Gasteiger partial charge in [0.05, 0.1) is 5.69 Å². The minimum atomic E-state index is 0.0934.